The van der Waals surface area contributed by atoms with E-state index in [0.29, 0.717) is 0 Å². The van der Waals surface area contributed by atoms with Gasteiger partial charge in [0.05, 0.1) is 5.52 Å². The van der Waals surface area contributed by atoms with Crippen molar-refractivity contribution in [3.63, 3.8) is 0 Å². The third kappa shape index (κ3) is 3.83. The van der Waals surface area contributed by atoms with Crippen LogP contribution in [0.3, 0.4) is 0 Å². The fourth-order valence-electron chi connectivity index (χ4n) is 1.96. The molecule has 4 heteroatoms. The van der Waals surface area contributed by atoms with Gasteiger partial charge in [-0.25, -0.2) is 0 Å². The van der Waals surface area contributed by atoms with E-state index in [-0.39, 0.29) is 0 Å². The van der Waals surface area contributed by atoms with E-state index in [0.717, 1.165) is 54.9 Å². The van der Waals surface area contributed by atoms with Crippen LogP contribution in [0.4, 0.5) is 11.4 Å². The van der Waals surface area contributed by atoms with Crippen LogP contribution in [0.1, 0.15) is 19.8 Å². The summed E-state index contributed by atoms with van der Waals surface area (Å²) >= 11 is 0. The maximum Gasteiger partial charge on any atom is 0.0743 e. The lowest BCUT2D eigenvalue weighted by molar-refractivity contribution is 0.134. The first-order valence-electron chi connectivity index (χ1n) is 6.77. The summed E-state index contributed by atoms with van der Waals surface area (Å²) in [7, 11) is 0. The number of hydrogen-bond donors (Lipinski definition) is 2. The van der Waals surface area contributed by atoms with Crippen LogP contribution in [-0.2, 0) is 4.74 Å². The van der Waals surface area contributed by atoms with Gasteiger partial charge in [0.25, 0.3) is 0 Å². The van der Waals surface area contributed by atoms with Gasteiger partial charge in [-0.1, -0.05) is 6.92 Å². The third-order valence-corrected chi connectivity index (χ3v) is 2.90. The van der Waals surface area contributed by atoms with Crippen molar-refractivity contribution in [2.45, 2.75) is 19.8 Å². The third-order valence-electron chi connectivity index (χ3n) is 2.90. The molecule has 0 radical (unpaired) electrons. The number of nitrogen functional groups attached to an aromatic ring is 1. The first-order chi connectivity index (χ1) is 9.31. The standard InChI is InChI=1S/C15H21N3O/c1-2-9-19-10-3-7-17-14-6-8-18-15-11-12(16)4-5-13(14)15/h4-6,8,11H,2-3,7,9-10,16H2,1H3,(H,17,18). The second-order valence-electron chi connectivity index (χ2n) is 4.53. The zero-order chi connectivity index (χ0) is 13.5. The van der Waals surface area contributed by atoms with E-state index in [1.807, 2.05) is 24.3 Å². The maximum absolute atomic E-state index is 5.77. The average Bonchev–Trinajstić information content (AvgIpc) is 2.42. The topological polar surface area (TPSA) is 60.2 Å². The lowest BCUT2D eigenvalue weighted by atomic mass is 10.1. The first kappa shape index (κ1) is 13.6. The molecule has 0 bridgehead atoms. The average molecular weight is 259 g/mol. The van der Waals surface area contributed by atoms with Crippen LogP contribution in [0.5, 0.6) is 0 Å². The number of ether oxygens (including phenoxy) is 1. The van der Waals surface area contributed by atoms with Gasteiger partial charge in [-0.15, -0.1) is 0 Å². The van der Waals surface area contributed by atoms with Crippen molar-refractivity contribution >= 4 is 22.3 Å². The van der Waals surface area contributed by atoms with E-state index in [2.05, 4.69) is 17.2 Å². The molecule has 0 saturated carbocycles. The van der Waals surface area contributed by atoms with Crippen molar-refractivity contribution < 1.29 is 4.74 Å². The molecule has 0 spiro atoms. The molecule has 0 atom stereocenters. The number of nitrogens with zero attached hydrogens (tertiary/aromatic N) is 1. The van der Waals surface area contributed by atoms with Crippen LogP contribution in [-0.4, -0.2) is 24.7 Å². The van der Waals surface area contributed by atoms with Gasteiger partial charge < -0.3 is 15.8 Å². The van der Waals surface area contributed by atoms with Crippen LogP contribution in [0, 0.1) is 0 Å². The molecule has 2 rings (SSSR count). The summed E-state index contributed by atoms with van der Waals surface area (Å²) in [5.74, 6) is 0. The van der Waals surface area contributed by atoms with Crippen LogP contribution in [0.25, 0.3) is 10.9 Å². The smallest absolute Gasteiger partial charge is 0.0743 e. The quantitative estimate of drug-likeness (QED) is 0.592. The Balaban J connectivity index is 1.93. The van der Waals surface area contributed by atoms with E-state index < -0.39 is 0 Å². The van der Waals surface area contributed by atoms with Gasteiger partial charge in [-0.05, 0) is 37.1 Å². The molecule has 102 valence electrons. The van der Waals surface area contributed by atoms with E-state index >= 15 is 0 Å². The Bertz CT molecular complexity index is 528. The highest BCUT2D eigenvalue weighted by atomic mass is 16.5. The van der Waals surface area contributed by atoms with Gasteiger partial charge in [-0.3, -0.25) is 4.98 Å². The van der Waals surface area contributed by atoms with Crippen LogP contribution in [0.2, 0.25) is 0 Å². The van der Waals surface area contributed by atoms with Gasteiger partial charge in [0.15, 0.2) is 0 Å². The van der Waals surface area contributed by atoms with Crippen LogP contribution >= 0.6 is 0 Å². The van der Waals surface area contributed by atoms with E-state index in [4.69, 9.17) is 10.5 Å². The van der Waals surface area contributed by atoms with Gasteiger partial charge >= 0.3 is 0 Å². The summed E-state index contributed by atoms with van der Waals surface area (Å²) in [6.07, 6.45) is 3.88. The fourth-order valence-corrected chi connectivity index (χ4v) is 1.96. The molecule has 0 saturated heterocycles. The zero-order valence-corrected chi connectivity index (χ0v) is 11.4. The molecule has 0 unspecified atom stereocenters. The number of benzene rings is 1. The number of anilines is 2. The molecule has 1 aromatic carbocycles. The molecular formula is C15H21N3O. The van der Waals surface area contributed by atoms with Crippen molar-refractivity contribution in [1.82, 2.24) is 4.98 Å². The van der Waals surface area contributed by atoms with E-state index in [1.165, 1.54) is 0 Å². The Morgan fingerprint density at radius 1 is 1.26 bits per heavy atom. The summed E-state index contributed by atoms with van der Waals surface area (Å²) in [5.41, 5.74) is 8.53. The minimum Gasteiger partial charge on any atom is -0.399 e. The molecule has 19 heavy (non-hydrogen) atoms. The highest BCUT2D eigenvalue weighted by Gasteiger charge is 2.01. The molecule has 1 aromatic heterocycles. The first-order valence-corrected chi connectivity index (χ1v) is 6.77. The minimum atomic E-state index is 0.741. The molecule has 1 heterocycles. The lowest BCUT2D eigenvalue weighted by Gasteiger charge is -2.09. The van der Waals surface area contributed by atoms with Gasteiger partial charge in [-0.2, -0.15) is 0 Å². The summed E-state index contributed by atoms with van der Waals surface area (Å²) in [6.45, 7) is 4.66. The van der Waals surface area contributed by atoms with Gasteiger partial charge in [0.2, 0.25) is 0 Å². The Morgan fingerprint density at radius 3 is 3.00 bits per heavy atom. The Kier molecular flexibility index (Phi) is 4.98. The highest BCUT2D eigenvalue weighted by molar-refractivity contribution is 5.92. The molecule has 0 aliphatic rings. The molecule has 3 N–H and O–H groups in total. The Morgan fingerprint density at radius 2 is 2.16 bits per heavy atom. The van der Waals surface area contributed by atoms with Crippen molar-refractivity contribution in [3.05, 3.63) is 30.5 Å². The molecule has 2 aromatic rings. The number of nitrogens with one attached hydrogen (secondary N) is 1. The van der Waals surface area contributed by atoms with Crippen LogP contribution < -0.4 is 11.1 Å². The molecule has 0 aliphatic heterocycles. The summed E-state index contributed by atoms with van der Waals surface area (Å²) in [4.78, 5) is 4.33. The summed E-state index contributed by atoms with van der Waals surface area (Å²) in [6, 6.07) is 7.80. The van der Waals surface area contributed by atoms with Crippen molar-refractivity contribution in [2.75, 3.05) is 30.8 Å². The van der Waals surface area contributed by atoms with Crippen molar-refractivity contribution in [2.24, 2.45) is 0 Å². The summed E-state index contributed by atoms with van der Waals surface area (Å²) in [5, 5.41) is 4.53. The molecule has 0 amide bonds. The molecule has 0 fully saturated rings. The Labute approximate surface area is 114 Å². The molecule has 0 aliphatic carbocycles. The monoisotopic (exact) mass is 259 g/mol. The second kappa shape index (κ2) is 6.95. The predicted molar refractivity (Wildman–Crippen MR) is 80.4 cm³/mol. The normalized spacial score (nSPS) is 10.8. The number of nitrogens with two attached hydrogens (primary N) is 1. The number of pyridine rings is 1. The fraction of sp³-hybridized carbons (Fsp3) is 0.400. The SMILES string of the molecule is CCCOCCCNc1ccnc2cc(N)ccc12. The lowest BCUT2D eigenvalue weighted by Crippen LogP contribution is -2.06. The van der Waals surface area contributed by atoms with E-state index in [1.54, 1.807) is 6.20 Å². The number of hydrogen-bond acceptors (Lipinski definition) is 4. The van der Waals surface area contributed by atoms with Crippen molar-refractivity contribution in [3.8, 4) is 0 Å². The number of fused-ring (bicyclic) bond motifs is 1. The van der Waals surface area contributed by atoms with Gasteiger partial charge in [0, 0.05) is 42.7 Å². The largest absolute Gasteiger partial charge is 0.399 e. The zero-order valence-electron chi connectivity index (χ0n) is 11.4. The van der Waals surface area contributed by atoms with E-state index in [9.17, 15) is 0 Å². The molecular weight excluding hydrogens is 238 g/mol. The highest BCUT2D eigenvalue weighted by Crippen LogP contribution is 2.23. The minimum absolute atomic E-state index is 0.741. The van der Waals surface area contributed by atoms with Gasteiger partial charge in [0.1, 0.15) is 0 Å². The summed E-state index contributed by atoms with van der Waals surface area (Å²) < 4.78 is 5.46. The number of rotatable bonds is 7. The maximum atomic E-state index is 5.77. The number of aromatic nitrogens is 1. The Hall–Kier alpha value is -1.81. The van der Waals surface area contributed by atoms with Crippen molar-refractivity contribution in [1.29, 1.82) is 0 Å². The molecule has 4 nitrogen and oxygen atoms in total. The van der Waals surface area contributed by atoms with Crippen LogP contribution in [0.15, 0.2) is 30.5 Å². The predicted octanol–water partition coefficient (Wildman–Crippen LogP) is 3.05. The second-order valence-corrected chi connectivity index (χ2v) is 4.53.